The lowest BCUT2D eigenvalue weighted by molar-refractivity contribution is -0.135. The summed E-state index contributed by atoms with van der Waals surface area (Å²) in [4.78, 5) is 22.5. The van der Waals surface area contributed by atoms with Crippen LogP contribution in [0.25, 0.3) is 0 Å². The highest BCUT2D eigenvalue weighted by molar-refractivity contribution is 5.96. The first kappa shape index (κ1) is 13.0. The van der Waals surface area contributed by atoms with Crippen LogP contribution in [0.5, 0.6) is 17.2 Å². The van der Waals surface area contributed by atoms with E-state index in [0.29, 0.717) is 22.8 Å². The molecule has 0 saturated carbocycles. The maximum Gasteiger partial charge on any atom is 0.415 e. The molecule has 1 aliphatic rings. The smallest absolute Gasteiger partial charge is 0.415 e. The maximum absolute atomic E-state index is 11.5. The molecule has 1 saturated heterocycles. The number of hydrogen-bond acceptors (Lipinski definition) is 6. The SMILES string of the molecule is COc1cc(C2NC(=O)OC2=O)cc(OC)c1OC. The van der Waals surface area contributed by atoms with Crippen molar-refractivity contribution in [1.82, 2.24) is 5.32 Å². The summed E-state index contributed by atoms with van der Waals surface area (Å²) in [7, 11) is 4.41. The predicted octanol–water partition coefficient (Wildman–Crippen LogP) is 1.02. The van der Waals surface area contributed by atoms with E-state index in [4.69, 9.17) is 14.2 Å². The number of carbonyl (C=O) groups excluding carboxylic acids is 2. The molecule has 0 spiro atoms. The van der Waals surface area contributed by atoms with Gasteiger partial charge in [-0.2, -0.15) is 0 Å². The number of amides is 1. The predicted molar refractivity (Wildman–Crippen MR) is 63.5 cm³/mol. The van der Waals surface area contributed by atoms with E-state index >= 15 is 0 Å². The topological polar surface area (TPSA) is 83.1 Å². The van der Waals surface area contributed by atoms with E-state index in [1.165, 1.54) is 21.3 Å². The number of rotatable bonds is 4. The summed E-state index contributed by atoms with van der Waals surface area (Å²) in [6.07, 6.45) is -0.774. The zero-order valence-corrected chi connectivity index (χ0v) is 10.7. The van der Waals surface area contributed by atoms with Gasteiger partial charge < -0.3 is 24.3 Å². The summed E-state index contributed by atoms with van der Waals surface area (Å²) >= 11 is 0. The van der Waals surface area contributed by atoms with Crippen molar-refractivity contribution in [3.05, 3.63) is 17.7 Å². The van der Waals surface area contributed by atoms with E-state index in [1.54, 1.807) is 12.1 Å². The van der Waals surface area contributed by atoms with E-state index in [0.717, 1.165) is 0 Å². The first-order chi connectivity index (χ1) is 9.10. The normalized spacial score (nSPS) is 17.7. The van der Waals surface area contributed by atoms with Crippen LogP contribution in [-0.2, 0) is 9.53 Å². The van der Waals surface area contributed by atoms with E-state index < -0.39 is 18.1 Å². The molecule has 7 heteroatoms. The zero-order chi connectivity index (χ0) is 14.0. The number of benzene rings is 1. The minimum Gasteiger partial charge on any atom is -0.493 e. The van der Waals surface area contributed by atoms with E-state index in [1.807, 2.05) is 0 Å². The van der Waals surface area contributed by atoms with Crippen molar-refractivity contribution in [3.8, 4) is 17.2 Å². The Labute approximate surface area is 109 Å². The van der Waals surface area contributed by atoms with Gasteiger partial charge in [0.2, 0.25) is 5.75 Å². The lowest BCUT2D eigenvalue weighted by Gasteiger charge is -2.15. The van der Waals surface area contributed by atoms with Crippen molar-refractivity contribution in [2.24, 2.45) is 0 Å². The van der Waals surface area contributed by atoms with Gasteiger partial charge in [-0.15, -0.1) is 0 Å². The fraction of sp³-hybridized carbons (Fsp3) is 0.333. The van der Waals surface area contributed by atoms with Gasteiger partial charge in [0.05, 0.1) is 21.3 Å². The van der Waals surface area contributed by atoms with Crippen molar-refractivity contribution in [2.45, 2.75) is 6.04 Å². The van der Waals surface area contributed by atoms with Crippen LogP contribution in [0.3, 0.4) is 0 Å². The molecule has 1 aromatic carbocycles. The highest BCUT2D eigenvalue weighted by Gasteiger charge is 2.35. The number of ether oxygens (including phenoxy) is 4. The summed E-state index contributed by atoms with van der Waals surface area (Å²) in [5, 5.41) is 2.40. The third-order valence-corrected chi connectivity index (χ3v) is 2.71. The Bertz CT molecular complexity index is 502. The van der Waals surface area contributed by atoms with Gasteiger partial charge in [0.15, 0.2) is 17.5 Å². The molecule has 1 amide bonds. The molecule has 102 valence electrons. The monoisotopic (exact) mass is 267 g/mol. The van der Waals surface area contributed by atoms with E-state index in [-0.39, 0.29) is 0 Å². The molecule has 1 aromatic rings. The second kappa shape index (κ2) is 5.05. The Hall–Kier alpha value is -2.44. The van der Waals surface area contributed by atoms with E-state index in [2.05, 4.69) is 10.1 Å². The number of carbonyl (C=O) groups is 2. The first-order valence-electron chi connectivity index (χ1n) is 5.42. The quantitative estimate of drug-likeness (QED) is 0.647. The molecule has 0 aromatic heterocycles. The molecular weight excluding hydrogens is 254 g/mol. The molecule has 1 aliphatic heterocycles. The molecule has 0 radical (unpaired) electrons. The summed E-state index contributed by atoms with van der Waals surface area (Å²) in [6.45, 7) is 0. The third kappa shape index (κ3) is 2.26. The van der Waals surface area contributed by atoms with Gasteiger partial charge in [-0.25, -0.2) is 9.59 Å². The second-order valence-corrected chi connectivity index (χ2v) is 3.74. The third-order valence-electron chi connectivity index (χ3n) is 2.71. The number of esters is 1. The van der Waals surface area contributed by atoms with Crippen molar-refractivity contribution < 1.29 is 28.5 Å². The van der Waals surface area contributed by atoms with Crippen LogP contribution >= 0.6 is 0 Å². The van der Waals surface area contributed by atoms with Gasteiger partial charge in [-0.1, -0.05) is 0 Å². The first-order valence-corrected chi connectivity index (χ1v) is 5.42. The standard InChI is InChI=1S/C12H13NO6/c1-16-7-4-6(5-8(17-2)10(7)18-3)9-11(14)19-12(15)13-9/h4-5,9H,1-3H3,(H,13,15). The zero-order valence-electron chi connectivity index (χ0n) is 10.7. The lowest BCUT2D eigenvalue weighted by Crippen LogP contribution is -2.20. The van der Waals surface area contributed by atoms with Crippen LogP contribution < -0.4 is 19.5 Å². The molecule has 1 N–H and O–H groups in total. The summed E-state index contributed by atoms with van der Waals surface area (Å²) in [6, 6.07) is 2.29. The molecule has 1 atom stereocenters. The summed E-state index contributed by atoms with van der Waals surface area (Å²) in [5.41, 5.74) is 0.491. The minimum absolute atomic E-state index is 0.394. The highest BCUT2D eigenvalue weighted by atomic mass is 16.6. The number of alkyl carbamates (subject to hydrolysis) is 1. The Balaban J connectivity index is 2.47. The molecule has 1 fully saturated rings. The average molecular weight is 267 g/mol. The number of cyclic esters (lactones) is 2. The van der Waals surface area contributed by atoms with Crippen LogP contribution in [0.4, 0.5) is 4.79 Å². The Kier molecular flexibility index (Phi) is 3.46. The summed E-state index contributed by atoms with van der Waals surface area (Å²) in [5.74, 6) is 0.530. The van der Waals surface area contributed by atoms with Gasteiger partial charge in [0.1, 0.15) is 0 Å². The van der Waals surface area contributed by atoms with E-state index in [9.17, 15) is 9.59 Å². The molecule has 2 rings (SSSR count). The van der Waals surface area contributed by atoms with Gasteiger partial charge in [-0.05, 0) is 17.7 Å². The largest absolute Gasteiger partial charge is 0.493 e. The Morgan fingerprint density at radius 1 is 1.05 bits per heavy atom. The van der Waals surface area contributed by atoms with Crippen LogP contribution in [0, 0.1) is 0 Å². The molecule has 1 unspecified atom stereocenters. The fourth-order valence-corrected chi connectivity index (χ4v) is 1.84. The van der Waals surface area contributed by atoms with Gasteiger partial charge in [0, 0.05) is 0 Å². The minimum atomic E-state index is -0.874. The second-order valence-electron chi connectivity index (χ2n) is 3.74. The fourth-order valence-electron chi connectivity index (χ4n) is 1.84. The molecule has 0 bridgehead atoms. The van der Waals surface area contributed by atoms with Crippen LogP contribution in [0.15, 0.2) is 12.1 Å². The van der Waals surface area contributed by atoms with Crippen LogP contribution in [0.1, 0.15) is 11.6 Å². The van der Waals surface area contributed by atoms with Crippen molar-refractivity contribution in [2.75, 3.05) is 21.3 Å². The molecular formula is C12H13NO6. The number of hydrogen-bond donors (Lipinski definition) is 1. The highest BCUT2D eigenvalue weighted by Crippen LogP contribution is 2.40. The average Bonchev–Trinajstić information content (AvgIpc) is 2.75. The van der Waals surface area contributed by atoms with Gasteiger partial charge in [-0.3, -0.25) is 0 Å². The van der Waals surface area contributed by atoms with Crippen LogP contribution in [0.2, 0.25) is 0 Å². The molecule has 19 heavy (non-hydrogen) atoms. The molecule has 0 aliphatic carbocycles. The van der Waals surface area contributed by atoms with Crippen LogP contribution in [-0.4, -0.2) is 33.4 Å². The summed E-state index contributed by atoms with van der Waals surface area (Å²) < 4.78 is 19.9. The Morgan fingerprint density at radius 2 is 1.63 bits per heavy atom. The van der Waals surface area contributed by atoms with Gasteiger partial charge in [0.25, 0.3) is 0 Å². The molecule has 7 nitrogen and oxygen atoms in total. The Morgan fingerprint density at radius 3 is 2.00 bits per heavy atom. The number of methoxy groups -OCH3 is 3. The molecule has 1 heterocycles. The maximum atomic E-state index is 11.5. The van der Waals surface area contributed by atoms with Crippen molar-refractivity contribution in [1.29, 1.82) is 0 Å². The van der Waals surface area contributed by atoms with Crippen molar-refractivity contribution >= 4 is 12.1 Å². The van der Waals surface area contributed by atoms with Gasteiger partial charge >= 0.3 is 12.1 Å². The van der Waals surface area contributed by atoms with Crippen molar-refractivity contribution in [3.63, 3.8) is 0 Å². The lowest BCUT2D eigenvalue weighted by atomic mass is 10.1. The number of nitrogens with one attached hydrogen (secondary N) is 1.